The number of aliphatic carboxylic acids is 1. The predicted octanol–water partition coefficient (Wildman–Crippen LogP) is 2.18. The SMILES string of the molecule is CCC(CC)CC(=O)NC(C)CCC(=O)O. The maximum Gasteiger partial charge on any atom is 0.303 e. The minimum atomic E-state index is -0.818. The normalized spacial score (nSPS) is 12.5. The second kappa shape index (κ2) is 8.13. The summed E-state index contributed by atoms with van der Waals surface area (Å²) in [5.41, 5.74) is 0. The molecule has 0 fully saturated rings. The Morgan fingerprint density at radius 3 is 2.25 bits per heavy atom. The van der Waals surface area contributed by atoms with Gasteiger partial charge in [-0.1, -0.05) is 26.7 Å². The van der Waals surface area contributed by atoms with Gasteiger partial charge in [-0.15, -0.1) is 0 Å². The van der Waals surface area contributed by atoms with E-state index in [2.05, 4.69) is 19.2 Å². The second-order valence-electron chi connectivity index (χ2n) is 4.29. The molecule has 1 atom stereocenters. The molecule has 0 heterocycles. The maximum atomic E-state index is 11.6. The lowest BCUT2D eigenvalue weighted by Gasteiger charge is -2.16. The third kappa shape index (κ3) is 7.26. The summed E-state index contributed by atoms with van der Waals surface area (Å²) in [6, 6.07) is -0.0574. The molecule has 0 aromatic carbocycles. The number of hydrogen-bond acceptors (Lipinski definition) is 2. The van der Waals surface area contributed by atoms with E-state index in [9.17, 15) is 9.59 Å². The van der Waals surface area contributed by atoms with Crippen molar-refractivity contribution >= 4 is 11.9 Å². The van der Waals surface area contributed by atoms with Crippen LogP contribution in [-0.2, 0) is 9.59 Å². The average molecular weight is 229 g/mol. The van der Waals surface area contributed by atoms with E-state index in [1.54, 1.807) is 0 Å². The average Bonchev–Trinajstić information content (AvgIpc) is 2.23. The lowest BCUT2D eigenvalue weighted by Crippen LogP contribution is -2.33. The fourth-order valence-electron chi connectivity index (χ4n) is 1.59. The summed E-state index contributed by atoms with van der Waals surface area (Å²) in [6.07, 6.45) is 3.15. The standard InChI is InChI=1S/C12H23NO3/c1-4-10(5-2)8-11(14)13-9(3)6-7-12(15)16/h9-10H,4-8H2,1-3H3,(H,13,14)(H,15,16). The van der Waals surface area contributed by atoms with Gasteiger partial charge in [0, 0.05) is 18.9 Å². The number of carbonyl (C=O) groups excluding carboxylic acids is 1. The van der Waals surface area contributed by atoms with Crippen molar-refractivity contribution in [2.75, 3.05) is 0 Å². The van der Waals surface area contributed by atoms with Crippen molar-refractivity contribution in [2.24, 2.45) is 5.92 Å². The topological polar surface area (TPSA) is 66.4 Å². The summed E-state index contributed by atoms with van der Waals surface area (Å²) in [5, 5.41) is 11.3. The fourth-order valence-corrected chi connectivity index (χ4v) is 1.59. The molecule has 0 bridgehead atoms. The van der Waals surface area contributed by atoms with E-state index in [0.29, 0.717) is 18.8 Å². The lowest BCUT2D eigenvalue weighted by molar-refractivity contribution is -0.137. The van der Waals surface area contributed by atoms with Gasteiger partial charge >= 0.3 is 5.97 Å². The number of carboxylic acids is 1. The van der Waals surface area contributed by atoms with Gasteiger partial charge in [-0.3, -0.25) is 9.59 Å². The van der Waals surface area contributed by atoms with E-state index < -0.39 is 5.97 Å². The molecule has 0 saturated heterocycles. The molecule has 4 nitrogen and oxygen atoms in total. The summed E-state index contributed by atoms with van der Waals surface area (Å²) >= 11 is 0. The largest absolute Gasteiger partial charge is 0.481 e. The first-order chi connectivity index (χ1) is 7.49. The zero-order chi connectivity index (χ0) is 12.6. The highest BCUT2D eigenvalue weighted by atomic mass is 16.4. The highest BCUT2D eigenvalue weighted by molar-refractivity contribution is 5.76. The quantitative estimate of drug-likeness (QED) is 0.670. The van der Waals surface area contributed by atoms with E-state index in [0.717, 1.165) is 12.8 Å². The first kappa shape index (κ1) is 14.9. The highest BCUT2D eigenvalue weighted by Crippen LogP contribution is 2.12. The zero-order valence-electron chi connectivity index (χ0n) is 10.5. The van der Waals surface area contributed by atoms with Crippen LogP contribution in [0.2, 0.25) is 0 Å². The van der Waals surface area contributed by atoms with E-state index in [-0.39, 0.29) is 18.4 Å². The van der Waals surface area contributed by atoms with Crippen molar-refractivity contribution in [2.45, 2.75) is 58.9 Å². The van der Waals surface area contributed by atoms with Gasteiger partial charge in [0.2, 0.25) is 5.91 Å². The Hall–Kier alpha value is -1.06. The van der Waals surface area contributed by atoms with Crippen LogP contribution in [0.3, 0.4) is 0 Å². The van der Waals surface area contributed by atoms with Crippen LogP contribution in [0, 0.1) is 5.92 Å². The molecule has 0 aliphatic carbocycles. The number of hydrogen-bond donors (Lipinski definition) is 2. The third-order valence-corrected chi connectivity index (χ3v) is 2.83. The summed E-state index contributed by atoms with van der Waals surface area (Å²) in [6.45, 7) is 6.00. The summed E-state index contributed by atoms with van der Waals surface area (Å²) < 4.78 is 0. The maximum absolute atomic E-state index is 11.6. The molecule has 1 amide bonds. The molecule has 0 aromatic heterocycles. The molecule has 0 rings (SSSR count). The van der Waals surface area contributed by atoms with Gasteiger partial charge in [-0.25, -0.2) is 0 Å². The molecule has 1 unspecified atom stereocenters. The smallest absolute Gasteiger partial charge is 0.303 e. The minimum absolute atomic E-state index is 0.0339. The Kier molecular flexibility index (Phi) is 7.60. The van der Waals surface area contributed by atoms with Crippen molar-refractivity contribution in [1.82, 2.24) is 5.32 Å². The second-order valence-corrected chi connectivity index (χ2v) is 4.29. The minimum Gasteiger partial charge on any atom is -0.481 e. The molecular formula is C12H23NO3. The van der Waals surface area contributed by atoms with E-state index in [4.69, 9.17) is 5.11 Å². The Morgan fingerprint density at radius 2 is 1.81 bits per heavy atom. The molecule has 2 N–H and O–H groups in total. The molecule has 0 aliphatic heterocycles. The van der Waals surface area contributed by atoms with Gasteiger partial charge in [0.25, 0.3) is 0 Å². The zero-order valence-corrected chi connectivity index (χ0v) is 10.5. The Balaban J connectivity index is 3.81. The van der Waals surface area contributed by atoms with Gasteiger partial charge < -0.3 is 10.4 Å². The molecule has 4 heteroatoms. The number of nitrogens with one attached hydrogen (secondary N) is 1. The number of carbonyl (C=O) groups is 2. The van der Waals surface area contributed by atoms with Crippen molar-refractivity contribution in [3.63, 3.8) is 0 Å². The van der Waals surface area contributed by atoms with Crippen molar-refractivity contribution < 1.29 is 14.7 Å². The first-order valence-electron chi connectivity index (χ1n) is 6.00. The monoisotopic (exact) mass is 229 g/mol. The molecule has 0 aliphatic rings. The molecule has 94 valence electrons. The van der Waals surface area contributed by atoms with Crippen LogP contribution in [0.5, 0.6) is 0 Å². The van der Waals surface area contributed by atoms with Crippen LogP contribution in [0.15, 0.2) is 0 Å². The molecule has 16 heavy (non-hydrogen) atoms. The van der Waals surface area contributed by atoms with Crippen molar-refractivity contribution in [3.8, 4) is 0 Å². The van der Waals surface area contributed by atoms with Gasteiger partial charge in [0.15, 0.2) is 0 Å². The predicted molar refractivity (Wildman–Crippen MR) is 63.2 cm³/mol. The molecule has 0 aromatic rings. The molecular weight excluding hydrogens is 206 g/mol. The number of carboxylic acid groups (broad SMARTS) is 1. The van der Waals surface area contributed by atoms with Gasteiger partial charge in [0.1, 0.15) is 0 Å². The van der Waals surface area contributed by atoms with E-state index in [1.165, 1.54) is 0 Å². The van der Waals surface area contributed by atoms with Crippen LogP contribution in [0.4, 0.5) is 0 Å². The van der Waals surface area contributed by atoms with Crippen LogP contribution >= 0.6 is 0 Å². The molecule has 0 spiro atoms. The van der Waals surface area contributed by atoms with Crippen LogP contribution in [0.25, 0.3) is 0 Å². The Morgan fingerprint density at radius 1 is 1.25 bits per heavy atom. The van der Waals surface area contributed by atoms with Crippen molar-refractivity contribution in [1.29, 1.82) is 0 Å². The molecule has 0 radical (unpaired) electrons. The Bertz CT molecular complexity index is 224. The number of rotatable bonds is 8. The van der Waals surface area contributed by atoms with Crippen LogP contribution in [0.1, 0.15) is 52.9 Å². The molecule has 0 saturated carbocycles. The number of amides is 1. The van der Waals surface area contributed by atoms with Gasteiger partial charge in [-0.2, -0.15) is 0 Å². The summed E-state index contributed by atoms with van der Waals surface area (Å²) in [4.78, 5) is 21.9. The third-order valence-electron chi connectivity index (χ3n) is 2.83. The van der Waals surface area contributed by atoms with Gasteiger partial charge in [-0.05, 0) is 19.3 Å². The van der Waals surface area contributed by atoms with Crippen LogP contribution < -0.4 is 5.32 Å². The van der Waals surface area contributed by atoms with Crippen molar-refractivity contribution in [3.05, 3.63) is 0 Å². The van der Waals surface area contributed by atoms with E-state index >= 15 is 0 Å². The highest BCUT2D eigenvalue weighted by Gasteiger charge is 2.13. The van der Waals surface area contributed by atoms with Gasteiger partial charge in [0.05, 0.1) is 0 Å². The van der Waals surface area contributed by atoms with E-state index in [1.807, 2.05) is 6.92 Å². The fraction of sp³-hybridized carbons (Fsp3) is 0.833. The first-order valence-corrected chi connectivity index (χ1v) is 6.00. The lowest BCUT2D eigenvalue weighted by atomic mass is 9.99. The van der Waals surface area contributed by atoms with Crippen LogP contribution in [-0.4, -0.2) is 23.0 Å². The summed E-state index contributed by atoms with van der Waals surface area (Å²) in [7, 11) is 0. The Labute approximate surface area is 97.4 Å². The summed E-state index contributed by atoms with van der Waals surface area (Å²) in [5.74, 6) is -0.348.